The second-order valence-corrected chi connectivity index (χ2v) is 10.2. The maximum atomic E-state index is 13.7. The van der Waals surface area contributed by atoms with Gasteiger partial charge in [0.2, 0.25) is 5.90 Å². The number of fused-ring (bicyclic) bond motifs is 1. The molecular weight excluding hydrogens is 422 g/mol. The van der Waals surface area contributed by atoms with Crippen molar-refractivity contribution in [2.24, 2.45) is 22.7 Å². The SMILES string of the molecule is CC(C)[C@@H]1CC[C@@H](C)C[C@H]1OC(=O)[C@H]1N=C(c2ccccc2)O[C@@H]1c1cccc2ccccc12. The zero-order valence-electron chi connectivity index (χ0n) is 20.2. The van der Waals surface area contributed by atoms with Crippen LogP contribution in [0, 0.1) is 17.8 Å². The van der Waals surface area contributed by atoms with E-state index in [-0.39, 0.29) is 12.1 Å². The van der Waals surface area contributed by atoms with Crippen molar-refractivity contribution in [3.8, 4) is 0 Å². The predicted molar refractivity (Wildman–Crippen MR) is 136 cm³/mol. The van der Waals surface area contributed by atoms with Crippen LogP contribution < -0.4 is 0 Å². The molecule has 1 aliphatic carbocycles. The minimum absolute atomic E-state index is 0.0691. The van der Waals surface area contributed by atoms with Crippen LogP contribution in [0.3, 0.4) is 0 Å². The Bertz CT molecular complexity index is 1180. The van der Waals surface area contributed by atoms with Crippen molar-refractivity contribution in [2.45, 2.75) is 58.3 Å². The van der Waals surface area contributed by atoms with Gasteiger partial charge in [-0.15, -0.1) is 0 Å². The molecule has 3 aromatic carbocycles. The molecule has 1 fully saturated rings. The number of esters is 1. The molecule has 4 heteroatoms. The zero-order valence-corrected chi connectivity index (χ0v) is 20.2. The first-order valence-corrected chi connectivity index (χ1v) is 12.5. The van der Waals surface area contributed by atoms with Crippen molar-refractivity contribution in [3.63, 3.8) is 0 Å². The van der Waals surface area contributed by atoms with Crippen LogP contribution in [-0.2, 0) is 14.3 Å². The van der Waals surface area contributed by atoms with Gasteiger partial charge in [0.25, 0.3) is 0 Å². The quantitative estimate of drug-likeness (QED) is 0.401. The van der Waals surface area contributed by atoms with Crippen LogP contribution in [0.25, 0.3) is 10.8 Å². The van der Waals surface area contributed by atoms with Gasteiger partial charge in [-0.3, -0.25) is 0 Å². The molecule has 0 aromatic heterocycles. The summed E-state index contributed by atoms with van der Waals surface area (Å²) in [5.41, 5.74) is 1.83. The third-order valence-corrected chi connectivity index (χ3v) is 7.40. The molecule has 5 rings (SSSR count). The third kappa shape index (κ3) is 4.46. The van der Waals surface area contributed by atoms with E-state index in [4.69, 9.17) is 14.5 Å². The summed E-state index contributed by atoms with van der Waals surface area (Å²) in [5, 5.41) is 2.19. The van der Waals surface area contributed by atoms with E-state index in [9.17, 15) is 4.79 Å². The zero-order chi connectivity index (χ0) is 23.7. The molecule has 0 spiro atoms. The number of hydrogen-bond acceptors (Lipinski definition) is 4. The highest BCUT2D eigenvalue weighted by atomic mass is 16.6. The van der Waals surface area contributed by atoms with Crippen LogP contribution in [0.1, 0.15) is 57.3 Å². The van der Waals surface area contributed by atoms with Crippen LogP contribution >= 0.6 is 0 Å². The van der Waals surface area contributed by atoms with Gasteiger partial charge >= 0.3 is 5.97 Å². The number of rotatable bonds is 5. The number of carbonyl (C=O) groups excluding carboxylic acids is 1. The summed E-state index contributed by atoms with van der Waals surface area (Å²) >= 11 is 0. The van der Waals surface area contributed by atoms with Crippen molar-refractivity contribution < 1.29 is 14.3 Å². The van der Waals surface area contributed by atoms with E-state index < -0.39 is 12.1 Å². The van der Waals surface area contributed by atoms with E-state index in [1.807, 2.05) is 54.6 Å². The smallest absolute Gasteiger partial charge is 0.335 e. The highest BCUT2D eigenvalue weighted by molar-refractivity contribution is 5.99. The lowest BCUT2D eigenvalue weighted by atomic mass is 9.75. The molecule has 5 atom stereocenters. The number of benzene rings is 3. The fourth-order valence-corrected chi connectivity index (χ4v) is 5.51. The molecule has 1 saturated carbocycles. The summed E-state index contributed by atoms with van der Waals surface area (Å²) in [4.78, 5) is 18.5. The van der Waals surface area contributed by atoms with Crippen molar-refractivity contribution in [1.29, 1.82) is 0 Å². The Balaban J connectivity index is 1.49. The first-order valence-electron chi connectivity index (χ1n) is 12.5. The van der Waals surface area contributed by atoms with Crippen molar-refractivity contribution in [2.75, 3.05) is 0 Å². The van der Waals surface area contributed by atoms with Gasteiger partial charge in [0.1, 0.15) is 6.10 Å². The van der Waals surface area contributed by atoms with E-state index in [1.54, 1.807) is 0 Å². The number of hydrogen-bond donors (Lipinski definition) is 0. The van der Waals surface area contributed by atoms with E-state index in [0.717, 1.165) is 34.7 Å². The third-order valence-electron chi connectivity index (χ3n) is 7.40. The van der Waals surface area contributed by atoms with E-state index >= 15 is 0 Å². The number of aliphatic imine (C=N–C) groups is 1. The summed E-state index contributed by atoms with van der Waals surface area (Å²) in [5.74, 6) is 1.63. The maximum Gasteiger partial charge on any atom is 0.335 e. The van der Waals surface area contributed by atoms with Crippen molar-refractivity contribution in [3.05, 3.63) is 83.9 Å². The molecule has 0 bridgehead atoms. The van der Waals surface area contributed by atoms with Gasteiger partial charge in [0.15, 0.2) is 12.1 Å². The van der Waals surface area contributed by atoms with Crippen LogP contribution in [0.5, 0.6) is 0 Å². The van der Waals surface area contributed by atoms with Crippen LogP contribution in [-0.4, -0.2) is 24.0 Å². The lowest BCUT2D eigenvalue weighted by Gasteiger charge is -2.37. The molecular formula is C30H33NO3. The highest BCUT2D eigenvalue weighted by Crippen LogP contribution is 2.39. The fourth-order valence-electron chi connectivity index (χ4n) is 5.51. The topological polar surface area (TPSA) is 47.9 Å². The minimum Gasteiger partial charge on any atom is -0.466 e. The van der Waals surface area contributed by atoms with Crippen LogP contribution in [0.2, 0.25) is 0 Å². The molecule has 176 valence electrons. The fraction of sp³-hybridized carbons (Fsp3) is 0.400. The lowest BCUT2D eigenvalue weighted by Crippen LogP contribution is -2.39. The Kier molecular flexibility index (Phi) is 6.40. The number of carbonyl (C=O) groups is 1. The number of nitrogens with zero attached hydrogens (tertiary/aromatic N) is 1. The van der Waals surface area contributed by atoms with E-state index in [1.165, 1.54) is 6.42 Å². The molecule has 4 nitrogen and oxygen atoms in total. The first kappa shape index (κ1) is 22.6. The Morgan fingerprint density at radius 1 is 0.971 bits per heavy atom. The van der Waals surface area contributed by atoms with Gasteiger partial charge in [0, 0.05) is 11.1 Å². The average Bonchev–Trinajstić information content (AvgIpc) is 3.30. The average molecular weight is 456 g/mol. The molecule has 1 aliphatic heterocycles. The Labute approximate surface area is 202 Å². The molecule has 0 N–H and O–H groups in total. The van der Waals surface area contributed by atoms with Crippen LogP contribution in [0.15, 0.2) is 77.8 Å². The summed E-state index contributed by atoms with van der Waals surface area (Å²) < 4.78 is 12.7. The largest absolute Gasteiger partial charge is 0.466 e. The summed E-state index contributed by atoms with van der Waals surface area (Å²) in [7, 11) is 0. The molecule has 2 aliphatic rings. The van der Waals surface area contributed by atoms with Gasteiger partial charge in [-0.1, -0.05) is 87.9 Å². The second-order valence-electron chi connectivity index (χ2n) is 10.2. The molecule has 1 heterocycles. The molecule has 0 radical (unpaired) electrons. The van der Waals surface area contributed by atoms with Gasteiger partial charge in [-0.25, -0.2) is 9.79 Å². The van der Waals surface area contributed by atoms with Gasteiger partial charge < -0.3 is 9.47 Å². The van der Waals surface area contributed by atoms with Crippen LogP contribution in [0.4, 0.5) is 0 Å². The van der Waals surface area contributed by atoms with Gasteiger partial charge in [-0.05, 0) is 53.5 Å². The summed E-state index contributed by atoms with van der Waals surface area (Å²) in [6, 6.07) is 23.4. The highest BCUT2D eigenvalue weighted by Gasteiger charge is 2.42. The molecule has 0 amide bonds. The first-order chi connectivity index (χ1) is 16.5. The van der Waals surface area contributed by atoms with Gasteiger partial charge in [0.05, 0.1) is 0 Å². The monoisotopic (exact) mass is 455 g/mol. The minimum atomic E-state index is -0.731. The molecule has 34 heavy (non-hydrogen) atoms. The summed E-state index contributed by atoms with van der Waals surface area (Å²) in [6.45, 7) is 6.70. The van der Waals surface area contributed by atoms with E-state index in [2.05, 4.69) is 39.0 Å². The van der Waals surface area contributed by atoms with Crippen molar-refractivity contribution >= 4 is 22.6 Å². The lowest BCUT2D eigenvalue weighted by molar-refractivity contribution is -0.159. The van der Waals surface area contributed by atoms with Gasteiger partial charge in [-0.2, -0.15) is 0 Å². The Morgan fingerprint density at radius 2 is 1.71 bits per heavy atom. The predicted octanol–water partition coefficient (Wildman–Crippen LogP) is 6.73. The normalized spacial score (nSPS) is 26.8. The molecule has 0 saturated heterocycles. The van der Waals surface area contributed by atoms with Crippen molar-refractivity contribution in [1.82, 2.24) is 0 Å². The Hall–Kier alpha value is -3.14. The standard InChI is InChI=1S/C30H33NO3/c1-19(2)23-17-16-20(3)18-26(23)33-30(32)27-28(34-29(31-27)22-11-5-4-6-12-22)25-15-9-13-21-10-7-8-14-24(21)25/h4-15,19-20,23,26-28H,16-18H2,1-3H3/t20-,23+,26-,27+,28-/m1/s1. The molecule has 3 aromatic rings. The Morgan fingerprint density at radius 3 is 2.50 bits per heavy atom. The summed E-state index contributed by atoms with van der Waals surface area (Å²) in [6.07, 6.45) is 2.62. The number of ether oxygens (including phenoxy) is 2. The molecule has 0 unspecified atom stereocenters. The second kappa shape index (κ2) is 9.61. The van der Waals surface area contributed by atoms with E-state index in [0.29, 0.717) is 23.7 Å². The maximum absolute atomic E-state index is 13.7.